The molecule has 5 heteroatoms. The number of carbonyl (C=O) groups is 2. The van der Waals surface area contributed by atoms with Gasteiger partial charge in [0.2, 0.25) is 0 Å². The highest BCUT2D eigenvalue weighted by Gasteiger charge is 2.21. The third kappa shape index (κ3) is 2.90. The fourth-order valence-electron chi connectivity index (χ4n) is 2.43. The van der Waals surface area contributed by atoms with Gasteiger partial charge in [0.25, 0.3) is 0 Å². The van der Waals surface area contributed by atoms with E-state index in [0.717, 1.165) is 22.0 Å². The smallest absolute Gasteiger partial charge is 0.419 e. The van der Waals surface area contributed by atoms with Crippen molar-refractivity contribution in [1.29, 1.82) is 0 Å². The molecule has 0 aliphatic rings. The Hall–Kier alpha value is -2.82. The Labute approximate surface area is 133 Å². The van der Waals surface area contributed by atoms with E-state index < -0.39 is 11.7 Å². The highest BCUT2D eigenvalue weighted by Crippen LogP contribution is 2.32. The van der Waals surface area contributed by atoms with Crippen LogP contribution in [-0.4, -0.2) is 22.5 Å². The van der Waals surface area contributed by atoms with Crippen LogP contribution in [0.2, 0.25) is 0 Å². The molecule has 23 heavy (non-hydrogen) atoms. The van der Waals surface area contributed by atoms with Crippen LogP contribution in [0, 0.1) is 0 Å². The molecule has 5 nitrogen and oxygen atoms in total. The number of para-hydroxylation sites is 1. The molecule has 0 N–H and O–H groups in total. The van der Waals surface area contributed by atoms with Crippen LogP contribution in [0.3, 0.4) is 0 Å². The number of fused-ring (bicyclic) bond motifs is 1. The Morgan fingerprint density at radius 2 is 2.00 bits per heavy atom. The molecule has 0 radical (unpaired) electrons. The monoisotopic (exact) mass is 311 g/mol. The average Bonchev–Trinajstić information content (AvgIpc) is 3.09. The van der Waals surface area contributed by atoms with E-state index in [2.05, 4.69) is 0 Å². The predicted octanol–water partition coefficient (Wildman–Crippen LogP) is 4.50. The Balaban J connectivity index is 2.13. The summed E-state index contributed by atoms with van der Waals surface area (Å²) in [5.74, 6) is 0.245. The fraction of sp³-hybridized carbons (Fsp3) is 0.222. The molecule has 0 bridgehead atoms. The molecule has 0 atom stereocenters. The van der Waals surface area contributed by atoms with Crippen LogP contribution in [-0.2, 0) is 4.74 Å². The van der Waals surface area contributed by atoms with Crippen molar-refractivity contribution >= 4 is 23.3 Å². The lowest BCUT2D eigenvalue weighted by atomic mass is 10.1. The summed E-state index contributed by atoms with van der Waals surface area (Å²) in [5.41, 5.74) is 1.71. The SMILES string of the molecule is CC(C)(C)OC(=O)n1cc(-c2coc(C=O)c2)c2ccccc21. The normalized spacial score (nSPS) is 11.6. The number of carbonyl (C=O) groups excluding carboxylic acids is 2. The number of nitrogens with zero attached hydrogens (tertiary/aromatic N) is 1. The molecule has 0 saturated heterocycles. The van der Waals surface area contributed by atoms with Crippen molar-refractivity contribution in [3.63, 3.8) is 0 Å². The number of benzene rings is 1. The highest BCUT2D eigenvalue weighted by atomic mass is 16.6. The van der Waals surface area contributed by atoms with Crippen LogP contribution in [0.4, 0.5) is 4.79 Å². The molecule has 0 aliphatic heterocycles. The van der Waals surface area contributed by atoms with Gasteiger partial charge in [-0.1, -0.05) is 18.2 Å². The topological polar surface area (TPSA) is 61.4 Å². The summed E-state index contributed by atoms with van der Waals surface area (Å²) in [6, 6.07) is 9.17. The maximum atomic E-state index is 12.4. The first kappa shape index (κ1) is 15.1. The van der Waals surface area contributed by atoms with Crippen LogP contribution >= 0.6 is 0 Å². The molecule has 2 heterocycles. The minimum atomic E-state index is -0.580. The molecule has 1 aromatic carbocycles. The quantitative estimate of drug-likeness (QED) is 0.654. The molecule has 0 fully saturated rings. The average molecular weight is 311 g/mol. The maximum Gasteiger partial charge on any atom is 0.419 e. The first-order valence-corrected chi connectivity index (χ1v) is 7.26. The van der Waals surface area contributed by atoms with Gasteiger partial charge in [0.1, 0.15) is 5.60 Å². The Morgan fingerprint density at radius 3 is 2.65 bits per heavy atom. The fourth-order valence-corrected chi connectivity index (χ4v) is 2.43. The second-order valence-corrected chi connectivity index (χ2v) is 6.27. The Bertz CT molecular complexity index is 880. The number of ether oxygens (including phenoxy) is 1. The van der Waals surface area contributed by atoms with E-state index in [1.165, 1.54) is 10.8 Å². The molecule has 3 aromatic rings. The minimum Gasteiger partial charge on any atom is -0.461 e. The van der Waals surface area contributed by atoms with Gasteiger partial charge in [0.05, 0.1) is 11.8 Å². The molecule has 0 unspecified atom stereocenters. The zero-order chi connectivity index (χ0) is 16.6. The molecule has 0 spiro atoms. The summed E-state index contributed by atoms with van der Waals surface area (Å²) < 4.78 is 12.1. The van der Waals surface area contributed by atoms with Gasteiger partial charge in [-0.25, -0.2) is 4.79 Å². The molecule has 0 aliphatic carbocycles. The van der Waals surface area contributed by atoms with E-state index in [0.29, 0.717) is 6.29 Å². The summed E-state index contributed by atoms with van der Waals surface area (Å²) in [5, 5.41) is 0.886. The molecule has 2 aromatic heterocycles. The van der Waals surface area contributed by atoms with Gasteiger partial charge in [-0.15, -0.1) is 0 Å². The number of furan rings is 1. The number of rotatable bonds is 2. The number of hydrogen-bond donors (Lipinski definition) is 0. The second kappa shape index (κ2) is 5.43. The van der Waals surface area contributed by atoms with Crippen LogP contribution < -0.4 is 0 Å². The van der Waals surface area contributed by atoms with E-state index in [-0.39, 0.29) is 5.76 Å². The second-order valence-electron chi connectivity index (χ2n) is 6.27. The maximum absolute atomic E-state index is 12.4. The van der Waals surface area contributed by atoms with Crippen molar-refractivity contribution in [2.75, 3.05) is 0 Å². The van der Waals surface area contributed by atoms with Crippen LogP contribution in [0.5, 0.6) is 0 Å². The lowest BCUT2D eigenvalue weighted by Gasteiger charge is -2.19. The largest absolute Gasteiger partial charge is 0.461 e. The third-order valence-corrected chi connectivity index (χ3v) is 3.35. The van der Waals surface area contributed by atoms with Crippen molar-refractivity contribution in [3.05, 3.63) is 48.6 Å². The van der Waals surface area contributed by atoms with Gasteiger partial charge >= 0.3 is 6.09 Å². The van der Waals surface area contributed by atoms with Crippen molar-refractivity contribution < 1.29 is 18.7 Å². The summed E-state index contributed by atoms with van der Waals surface area (Å²) in [4.78, 5) is 23.3. The highest BCUT2D eigenvalue weighted by molar-refractivity contribution is 6.00. The van der Waals surface area contributed by atoms with E-state index in [1.54, 1.807) is 12.3 Å². The summed E-state index contributed by atoms with van der Waals surface area (Å²) >= 11 is 0. The molecule has 118 valence electrons. The lowest BCUT2D eigenvalue weighted by Crippen LogP contribution is -2.26. The Kier molecular flexibility index (Phi) is 3.56. The van der Waals surface area contributed by atoms with Gasteiger partial charge < -0.3 is 9.15 Å². The van der Waals surface area contributed by atoms with Crippen LogP contribution in [0.15, 0.2) is 47.2 Å². The number of aldehydes is 1. The van der Waals surface area contributed by atoms with E-state index >= 15 is 0 Å². The zero-order valence-electron chi connectivity index (χ0n) is 13.2. The molecular weight excluding hydrogens is 294 g/mol. The van der Waals surface area contributed by atoms with Crippen LogP contribution in [0.1, 0.15) is 31.3 Å². The first-order valence-electron chi connectivity index (χ1n) is 7.26. The van der Waals surface area contributed by atoms with Crippen LogP contribution in [0.25, 0.3) is 22.0 Å². The zero-order valence-corrected chi connectivity index (χ0v) is 13.2. The summed E-state index contributed by atoms with van der Waals surface area (Å²) in [7, 11) is 0. The van der Waals surface area contributed by atoms with E-state index in [1.807, 2.05) is 45.0 Å². The Morgan fingerprint density at radius 1 is 1.26 bits per heavy atom. The number of hydrogen-bond acceptors (Lipinski definition) is 4. The van der Waals surface area contributed by atoms with Gasteiger partial charge in [-0.3, -0.25) is 9.36 Å². The van der Waals surface area contributed by atoms with Crippen molar-refractivity contribution in [2.45, 2.75) is 26.4 Å². The number of aromatic nitrogens is 1. The molecule has 0 amide bonds. The van der Waals surface area contributed by atoms with Gasteiger partial charge in [-0.2, -0.15) is 0 Å². The first-order chi connectivity index (χ1) is 10.9. The molecular formula is C18H17NO4. The van der Waals surface area contributed by atoms with Gasteiger partial charge in [0.15, 0.2) is 12.0 Å². The predicted molar refractivity (Wildman–Crippen MR) is 86.7 cm³/mol. The van der Waals surface area contributed by atoms with Crippen molar-refractivity contribution in [2.24, 2.45) is 0 Å². The van der Waals surface area contributed by atoms with Crippen molar-refractivity contribution in [1.82, 2.24) is 4.57 Å². The van der Waals surface area contributed by atoms with E-state index in [9.17, 15) is 9.59 Å². The molecule has 0 saturated carbocycles. The standard InChI is InChI=1S/C18H17NO4/c1-18(2,3)23-17(21)19-9-15(12-8-13(10-20)22-11-12)14-6-4-5-7-16(14)19/h4-11H,1-3H3. The minimum absolute atomic E-state index is 0.245. The van der Waals surface area contributed by atoms with E-state index in [4.69, 9.17) is 9.15 Å². The lowest BCUT2D eigenvalue weighted by molar-refractivity contribution is 0.0544. The summed E-state index contributed by atoms with van der Waals surface area (Å²) in [6.45, 7) is 5.47. The summed E-state index contributed by atoms with van der Waals surface area (Å²) in [6.07, 6.45) is 3.42. The third-order valence-electron chi connectivity index (χ3n) is 3.35. The van der Waals surface area contributed by atoms with Gasteiger partial charge in [-0.05, 0) is 32.9 Å². The van der Waals surface area contributed by atoms with Gasteiger partial charge in [0, 0.05) is 22.7 Å². The molecule has 3 rings (SSSR count). The van der Waals surface area contributed by atoms with Crippen molar-refractivity contribution in [3.8, 4) is 11.1 Å².